The minimum absolute atomic E-state index is 0.101. The number of benzene rings is 2. The van der Waals surface area contributed by atoms with Crippen LogP contribution in [0.25, 0.3) is 0 Å². The molecule has 0 aliphatic heterocycles. The number of carboxylic acids is 1. The van der Waals surface area contributed by atoms with Crippen molar-refractivity contribution in [3.05, 3.63) is 65.7 Å². The summed E-state index contributed by atoms with van der Waals surface area (Å²) < 4.78 is 21.0. The number of amides is 1. The lowest BCUT2D eigenvalue weighted by atomic mass is 10.2. The summed E-state index contributed by atoms with van der Waals surface area (Å²) in [5, 5.41) is 20.8. The number of aromatic nitrogens is 3. The van der Waals surface area contributed by atoms with Crippen LogP contribution in [0.5, 0.6) is 5.75 Å². The lowest BCUT2D eigenvalue weighted by molar-refractivity contribution is -0.113. The van der Waals surface area contributed by atoms with E-state index < -0.39 is 12.1 Å². The third-order valence-electron chi connectivity index (χ3n) is 4.53. The maximum absolute atomic E-state index is 13.2. The average Bonchev–Trinajstić information content (AvgIpc) is 3.16. The molecule has 0 saturated carbocycles. The van der Waals surface area contributed by atoms with E-state index in [1.807, 2.05) is 11.5 Å². The summed E-state index contributed by atoms with van der Waals surface area (Å²) in [5.74, 6) is -0.0812. The molecule has 0 saturated heterocycles. The summed E-state index contributed by atoms with van der Waals surface area (Å²) >= 11 is 1.25. The van der Waals surface area contributed by atoms with Crippen molar-refractivity contribution in [1.82, 2.24) is 14.8 Å². The van der Waals surface area contributed by atoms with Gasteiger partial charge in [0.25, 0.3) is 0 Å². The number of thioether (sulfide) groups is 1. The molecule has 33 heavy (non-hydrogen) atoms. The van der Waals surface area contributed by atoms with Gasteiger partial charge in [-0.25, -0.2) is 9.18 Å². The molecule has 2 N–H and O–H groups in total. The molecule has 0 aliphatic carbocycles. The van der Waals surface area contributed by atoms with E-state index in [1.165, 1.54) is 36.0 Å². The average molecular weight is 473 g/mol. The summed E-state index contributed by atoms with van der Waals surface area (Å²) in [7, 11) is 0. The standard InChI is InChI=1S/C23H25FN4O4S/c1-14(2)12-28-21(15(3)32-19-10-6-17(24)7-11-19)26-27-23(28)33-13-20(29)25-18-8-4-16(5-9-18)22(30)31/h4-11,14-15H,12-13H2,1-3H3,(H,25,29)(H,30,31). The number of halogens is 1. The number of carboxylic acid groups (broad SMARTS) is 1. The zero-order valence-electron chi connectivity index (χ0n) is 18.5. The van der Waals surface area contributed by atoms with Gasteiger partial charge in [0.15, 0.2) is 17.1 Å². The third kappa shape index (κ3) is 6.79. The first kappa shape index (κ1) is 24.2. The smallest absolute Gasteiger partial charge is 0.335 e. The molecule has 174 valence electrons. The fourth-order valence-electron chi connectivity index (χ4n) is 3.04. The van der Waals surface area contributed by atoms with E-state index in [0.717, 1.165) is 0 Å². The van der Waals surface area contributed by atoms with Gasteiger partial charge in [-0.15, -0.1) is 10.2 Å². The molecule has 0 fully saturated rings. The number of anilines is 1. The van der Waals surface area contributed by atoms with Crippen molar-refractivity contribution < 1.29 is 23.8 Å². The summed E-state index contributed by atoms with van der Waals surface area (Å²) in [4.78, 5) is 23.3. The van der Waals surface area contributed by atoms with Crippen molar-refractivity contribution in [3.8, 4) is 5.75 Å². The molecular formula is C23H25FN4O4S. The monoisotopic (exact) mass is 472 g/mol. The first-order chi connectivity index (χ1) is 15.7. The van der Waals surface area contributed by atoms with E-state index in [1.54, 1.807) is 24.3 Å². The van der Waals surface area contributed by atoms with E-state index in [-0.39, 0.29) is 23.0 Å². The fraction of sp³-hybridized carbons (Fsp3) is 0.304. The fourth-order valence-corrected chi connectivity index (χ4v) is 3.79. The Hall–Kier alpha value is -3.40. The van der Waals surface area contributed by atoms with Crippen LogP contribution in [0.15, 0.2) is 53.7 Å². The lowest BCUT2D eigenvalue weighted by Gasteiger charge is -2.17. The molecule has 0 aliphatic rings. The van der Waals surface area contributed by atoms with E-state index in [2.05, 4.69) is 29.4 Å². The zero-order chi connectivity index (χ0) is 24.0. The van der Waals surface area contributed by atoms with E-state index in [4.69, 9.17) is 9.84 Å². The van der Waals surface area contributed by atoms with Gasteiger partial charge in [-0.1, -0.05) is 25.6 Å². The molecule has 3 rings (SSSR count). The predicted molar refractivity (Wildman–Crippen MR) is 123 cm³/mol. The Morgan fingerprint density at radius 2 is 1.76 bits per heavy atom. The number of nitrogens with zero attached hydrogens (tertiary/aromatic N) is 3. The third-order valence-corrected chi connectivity index (χ3v) is 5.50. The minimum Gasteiger partial charge on any atom is -0.483 e. The highest BCUT2D eigenvalue weighted by Crippen LogP contribution is 2.26. The molecule has 10 heteroatoms. The minimum atomic E-state index is -1.03. The van der Waals surface area contributed by atoms with E-state index >= 15 is 0 Å². The van der Waals surface area contributed by atoms with Crippen LogP contribution in [-0.4, -0.2) is 37.5 Å². The number of nitrogens with one attached hydrogen (secondary N) is 1. The Morgan fingerprint density at radius 3 is 2.36 bits per heavy atom. The van der Waals surface area contributed by atoms with Gasteiger partial charge in [-0.05, 0) is 61.4 Å². The molecule has 1 amide bonds. The van der Waals surface area contributed by atoms with Crippen molar-refractivity contribution in [1.29, 1.82) is 0 Å². The number of hydrogen-bond acceptors (Lipinski definition) is 6. The first-order valence-corrected chi connectivity index (χ1v) is 11.3. The van der Waals surface area contributed by atoms with Gasteiger partial charge < -0.3 is 19.7 Å². The lowest BCUT2D eigenvalue weighted by Crippen LogP contribution is -2.17. The summed E-state index contributed by atoms with van der Waals surface area (Å²) in [5.41, 5.74) is 0.657. The van der Waals surface area contributed by atoms with Gasteiger partial charge in [0.05, 0.1) is 11.3 Å². The van der Waals surface area contributed by atoms with Crippen LogP contribution in [-0.2, 0) is 11.3 Å². The van der Waals surface area contributed by atoms with Crippen LogP contribution < -0.4 is 10.1 Å². The molecule has 2 aromatic carbocycles. The van der Waals surface area contributed by atoms with Gasteiger partial charge in [0.1, 0.15) is 11.6 Å². The highest BCUT2D eigenvalue weighted by Gasteiger charge is 2.21. The van der Waals surface area contributed by atoms with Gasteiger partial charge in [-0.3, -0.25) is 4.79 Å². The number of rotatable bonds is 10. The maximum Gasteiger partial charge on any atom is 0.335 e. The van der Waals surface area contributed by atoms with E-state index in [9.17, 15) is 14.0 Å². The zero-order valence-corrected chi connectivity index (χ0v) is 19.3. The molecule has 0 spiro atoms. The molecular weight excluding hydrogens is 447 g/mol. The second-order valence-corrected chi connectivity index (χ2v) is 8.72. The Kier molecular flexibility index (Phi) is 8.05. The Morgan fingerprint density at radius 1 is 1.09 bits per heavy atom. The summed E-state index contributed by atoms with van der Waals surface area (Å²) in [6, 6.07) is 11.7. The summed E-state index contributed by atoms with van der Waals surface area (Å²) in [6.07, 6.45) is -0.433. The van der Waals surface area contributed by atoms with Crippen LogP contribution >= 0.6 is 11.8 Å². The van der Waals surface area contributed by atoms with Gasteiger partial charge in [0, 0.05) is 12.2 Å². The van der Waals surface area contributed by atoms with Gasteiger partial charge in [0.2, 0.25) is 5.91 Å². The van der Waals surface area contributed by atoms with Crippen LogP contribution in [0.2, 0.25) is 0 Å². The second-order valence-electron chi connectivity index (χ2n) is 7.78. The molecule has 1 unspecified atom stereocenters. The SMILES string of the molecule is CC(C)Cn1c(SCC(=O)Nc2ccc(C(=O)O)cc2)nnc1C(C)Oc1ccc(F)cc1. The van der Waals surface area contributed by atoms with Crippen molar-refractivity contribution in [2.75, 3.05) is 11.1 Å². The molecule has 1 atom stereocenters. The van der Waals surface area contributed by atoms with Crippen molar-refractivity contribution in [2.24, 2.45) is 5.92 Å². The van der Waals surface area contributed by atoms with Crippen LogP contribution in [0.3, 0.4) is 0 Å². The first-order valence-electron chi connectivity index (χ1n) is 10.3. The normalized spacial score (nSPS) is 11.9. The second kappa shape index (κ2) is 11.0. The van der Waals surface area contributed by atoms with Crippen LogP contribution in [0.4, 0.5) is 10.1 Å². The molecule has 1 heterocycles. The number of ether oxygens (including phenoxy) is 1. The Balaban J connectivity index is 1.66. The maximum atomic E-state index is 13.2. The highest BCUT2D eigenvalue weighted by molar-refractivity contribution is 7.99. The Bertz CT molecular complexity index is 1100. The number of hydrogen-bond donors (Lipinski definition) is 2. The van der Waals surface area contributed by atoms with Gasteiger partial charge in [-0.2, -0.15) is 0 Å². The van der Waals surface area contributed by atoms with Crippen LogP contribution in [0, 0.1) is 11.7 Å². The van der Waals surface area contributed by atoms with Crippen LogP contribution in [0.1, 0.15) is 43.1 Å². The van der Waals surface area contributed by atoms with E-state index in [0.29, 0.717) is 34.9 Å². The van der Waals surface area contributed by atoms with Crippen molar-refractivity contribution >= 4 is 29.3 Å². The predicted octanol–water partition coefficient (Wildman–Crippen LogP) is 4.64. The molecule has 0 bridgehead atoms. The van der Waals surface area contributed by atoms with Crippen molar-refractivity contribution in [2.45, 2.75) is 38.6 Å². The molecule has 1 aromatic heterocycles. The largest absolute Gasteiger partial charge is 0.483 e. The topological polar surface area (TPSA) is 106 Å². The molecule has 3 aromatic rings. The number of aromatic carboxylic acids is 1. The van der Waals surface area contributed by atoms with Gasteiger partial charge >= 0.3 is 5.97 Å². The number of carbonyl (C=O) groups is 2. The summed E-state index contributed by atoms with van der Waals surface area (Å²) in [6.45, 7) is 6.61. The van der Waals surface area contributed by atoms with Crippen molar-refractivity contribution in [3.63, 3.8) is 0 Å². The quantitative estimate of drug-likeness (QED) is 0.414. The highest BCUT2D eigenvalue weighted by atomic mass is 32.2. The molecule has 8 nitrogen and oxygen atoms in total. The Labute approximate surface area is 195 Å². The number of carbonyl (C=O) groups excluding carboxylic acids is 1. The molecule has 0 radical (unpaired) electrons.